The lowest BCUT2D eigenvalue weighted by atomic mass is 9.86. The summed E-state index contributed by atoms with van der Waals surface area (Å²) in [6.07, 6.45) is 6.29. The molecule has 2 aromatic rings. The van der Waals surface area contributed by atoms with E-state index in [9.17, 15) is 0 Å². The first-order valence-electron chi connectivity index (χ1n) is 9.40. The summed E-state index contributed by atoms with van der Waals surface area (Å²) in [5.41, 5.74) is 7.75. The summed E-state index contributed by atoms with van der Waals surface area (Å²) < 4.78 is 11.6. The van der Waals surface area contributed by atoms with Crippen molar-refractivity contribution in [2.24, 2.45) is 0 Å². The van der Waals surface area contributed by atoms with Gasteiger partial charge in [0.25, 0.3) is 0 Å². The van der Waals surface area contributed by atoms with Crippen molar-refractivity contribution < 1.29 is 9.47 Å². The smallest absolute Gasteiger partial charge is 0.125 e. The van der Waals surface area contributed by atoms with Crippen LogP contribution < -0.4 is 9.47 Å². The van der Waals surface area contributed by atoms with Crippen LogP contribution in [0, 0.1) is 0 Å². The van der Waals surface area contributed by atoms with E-state index in [0.29, 0.717) is 6.61 Å². The number of hydrogen-bond donors (Lipinski definition) is 0. The van der Waals surface area contributed by atoms with Crippen molar-refractivity contribution in [2.45, 2.75) is 46.1 Å². The second kappa shape index (κ2) is 8.27. The monoisotopic (exact) mass is 348 g/mol. The van der Waals surface area contributed by atoms with Crippen LogP contribution in [0.1, 0.15) is 48.9 Å². The third kappa shape index (κ3) is 3.85. The molecule has 2 nitrogen and oxygen atoms in total. The van der Waals surface area contributed by atoms with Gasteiger partial charge < -0.3 is 9.47 Å². The Morgan fingerprint density at radius 2 is 1.96 bits per heavy atom. The van der Waals surface area contributed by atoms with E-state index in [1.807, 2.05) is 6.08 Å². The van der Waals surface area contributed by atoms with Crippen LogP contribution in [0.4, 0.5) is 0 Å². The third-order valence-electron chi connectivity index (χ3n) is 5.16. The molecule has 0 radical (unpaired) electrons. The van der Waals surface area contributed by atoms with Crippen LogP contribution in [-0.2, 0) is 19.4 Å². The van der Waals surface area contributed by atoms with Gasteiger partial charge in [-0.2, -0.15) is 0 Å². The Kier molecular flexibility index (Phi) is 5.82. The van der Waals surface area contributed by atoms with Crippen molar-refractivity contribution in [2.75, 3.05) is 7.11 Å². The highest BCUT2D eigenvalue weighted by atomic mass is 16.5. The maximum Gasteiger partial charge on any atom is 0.125 e. The molecule has 2 heteroatoms. The fourth-order valence-electron chi connectivity index (χ4n) is 3.63. The van der Waals surface area contributed by atoms with Crippen LogP contribution in [0.3, 0.4) is 0 Å². The van der Waals surface area contributed by atoms with E-state index in [4.69, 9.17) is 9.47 Å². The molecule has 1 aliphatic rings. The largest absolute Gasteiger partial charge is 0.496 e. The average Bonchev–Trinajstić information content (AvgIpc) is 2.67. The highest BCUT2D eigenvalue weighted by Crippen LogP contribution is 2.34. The lowest BCUT2D eigenvalue weighted by Crippen LogP contribution is -2.04. The van der Waals surface area contributed by atoms with E-state index >= 15 is 0 Å². The van der Waals surface area contributed by atoms with E-state index in [0.717, 1.165) is 42.7 Å². The predicted octanol–water partition coefficient (Wildman–Crippen LogP) is 6.13. The van der Waals surface area contributed by atoms with Gasteiger partial charge in [-0.05, 0) is 72.2 Å². The molecular formula is C24H28O2. The van der Waals surface area contributed by atoms with Gasteiger partial charge in [-0.25, -0.2) is 0 Å². The van der Waals surface area contributed by atoms with Crippen LogP contribution in [0.25, 0.3) is 5.57 Å². The van der Waals surface area contributed by atoms with Gasteiger partial charge >= 0.3 is 0 Å². The molecule has 0 saturated heterocycles. The summed E-state index contributed by atoms with van der Waals surface area (Å²) >= 11 is 0. The molecule has 2 aromatic carbocycles. The first-order chi connectivity index (χ1) is 12.7. The minimum atomic E-state index is 0.515. The first-order valence-corrected chi connectivity index (χ1v) is 9.40. The summed E-state index contributed by atoms with van der Waals surface area (Å²) in [5, 5.41) is 0. The van der Waals surface area contributed by atoms with E-state index in [-0.39, 0.29) is 0 Å². The van der Waals surface area contributed by atoms with Crippen molar-refractivity contribution in [1.29, 1.82) is 0 Å². The Hall–Kier alpha value is -2.48. The molecule has 1 aliphatic carbocycles. The van der Waals surface area contributed by atoms with E-state index in [1.54, 1.807) is 7.11 Å². The molecule has 0 amide bonds. The second-order valence-electron chi connectivity index (χ2n) is 6.86. The minimum Gasteiger partial charge on any atom is -0.496 e. The Balaban J connectivity index is 1.75. The van der Waals surface area contributed by atoms with Gasteiger partial charge in [0.05, 0.1) is 7.11 Å². The zero-order valence-electron chi connectivity index (χ0n) is 16.1. The predicted molar refractivity (Wildman–Crippen MR) is 109 cm³/mol. The summed E-state index contributed by atoms with van der Waals surface area (Å²) in [7, 11) is 1.72. The van der Waals surface area contributed by atoms with Crippen molar-refractivity contribution >= 4 is 5.57 Å². The summed E-state index contributed by atoms with van der Waals surface area (Å²) in [6.45, 7) is 8.81. The molecule has 0 fully saturated rings. The van der Waals surface area contributed by atoms with Gasteiger partial charge in [-0.1, -0.05) is 44.2 Å². The maximum absolute atomic E-state index is 6.07. The minimum absolute atomic E-state index is 0.515. The van der Waals surface area contributed by atoms with Gasteiger partial charge in [0.15, 0.2) is 0 Å². The van der Waals surface area contributed by atoms with Crippen molar-refractivity contribution in [1.82, 2.24) is 0 Å². The number of allylic oxidation sites excluding steroid dienone is 3. The molecule has 0 heterocycles. The van der Waals surface area contributed by atoms with Crippen molar-refractivity contribution in [3.63, 3.8) is 0 Å². The topological polar surface area (TPSA) is 18.5 Å². The fraction of sp³-hybridized carbons (Fsp3) is 0.333. The SMILES string of the molecule is C=CC1=C(C)c2ccc(OCc3ccc(CCC)cc3OC)cc2CC1. The van der Waals surface area contributed by atoms with Crippen LogP contribution in [-0.4, -0.2) is 7.11 Å². The summed E-state index contributed by atoms with van der Waals surface area (Å²) in [6, 6.07) is 12.8. The quantitative estimate of drug-likeness (QED) is 0.599. The molecular weight excluding hydrogens is 320 g/mol. The number of hydrogen-bond acceptors (Lipinski definition) is 2. The molecule has 0 aromatic heterocycles. The van der Waals surface area contributed by atoms with Crippen molar-refractivity contribution in [3.8, 4) is 11.5 Å². The zero-order valence-corrected chi connectivity index (χ0v) is 16.1. The lowest BCUT2D eigenvalue weighted by molar-refractivity contribution is 0.296. The molecule has 26 heavy (non-hydrogen) atoms. The molecule has 0 spiro atoms. The molecule has 3 rings (SSSR count). The fourth-order valence-corrected chi connectivity index (χ4v) is 3.63. The molecule has 0 bridgehead atoms. The maximum atomic E-state index is 6.07. The van der Waals surface area contributed by atoms with Crippen molar-refractivity contribution in [3.05, 3.63) is 76.9 Å². The van der Waals surface area contributed by atoms with Gasteiger partial charge in [-0.3, -0.25) is 0 Å². The van der Waals surface area contributed by atoms with Gasteiger partial charge in [0.1, 0.15) is 18.1 Å². The summed E-state index contributed by atoms with van der Waals surface area (Å²) in [5.74, 6) is 1.82. The van der Waals surface area contributed by atoms with Crippen LogP contribution in [0.5, 0.6) is 11.5 Å². The van der Waals surface area contributed by atoms with E-state index in [2.05, 4.69) is 56.8 Å². The van der Waals surface area contributed by atoms with E-state index < -0.39 is 0 Å². The van der Waals surface area contributed by atoms with Crippen LogP contribution in [0.2, 0.25) is 0 Å². The Morgan fingerprint density at radius 1 is 1.12 bits per heavy atom. The Labute approximate surface area is 157 Å². The number of rotatable bonds is 7. The first kappa shape index (κ1) is 18.3. The van der Waals surface area contributed by atoms with Crippen LogP contribution >= 0.6 is 0 Å². The molecule has 136 valence electrons. The number of ether oxygens (including phenoxy) is 2. The second-order valence-corrected chi connectivity index (χ2v) is 6.86. The summed E-state index contributed by atoms with van der Waals surface area (Å²) in [4.78, 5) is 0. The van der Waals surface area contributed by atoms with Gasteiger partial charge in [-0.15, -0.1) is 0 Å². The Bertz CT molecular complexity index is 830. The number of fused-ring (bicyclic) bond motifs is 1. The Morgan fingerprint density at radius 3 is 2.69 bits per heavy atom. The standard InChI is InChI=1S/C24H28O2/c1-5-7-18-8-9-21(24(14-18)25-4)16-26-22-12-13-23-17(3)19(6-2)10-11-20(23)15-22/h6,8-9,12-15H,2,5,7,10-11,16H2,1,3-4H3. The molecule has 0 unspecified atom stereocenters. The highest BCUT2D eigenvalue weighted by molar-refractivity contribution is 5.74. The number of benzene rings is 2. The number of aryl methyl sites for hydroxylation is 2. The zero-order chi connectivity index (χ0) is 18.5. The number of methoxy groups -OCH3 is 1. The average molecular weight is 348 g/mol. The lowest BCUT2D eigenvalue weighted by Gasteiger charge is -2.20. The van der Waals surface area contributed by atoms with Crippen LogP contribution in [0.15, 0.2) is 54.6 Å². The highest BCUT2D eigenvalue weighted by Gasteiger charge is 2.15. The third-order valence-corrected chi connectivity index (χ3v) is 5.16. The molecule has 0 saturated carbocycles. The molecule has 0 atom stereocenters. The normalized spacial score (nSPS) is 13.3. The van der Waals surface area contributed by atoms with Gasteiger partial charge in [0.2, 0.25) is 0 Å². The molecule has 0 aliphatic heterocycles. The van der Waals surface area contributed by atoms with Gasteiger partial charge in [0, 0.05) is 5.56 Å². The van der Waals surface area contributed by atoms with E-state index in [1.165, 1.54) is 27.8 Å². The molecule has 0 N–H and O–H groups in total.